The Balaban J connectivity index is 2.02. The van der Waals surface area contributed by atoms with Crippen molar-refractivity contribution in [2.75, 3.05) is 12.4 Å². The lowest BCUT2D eigenvalue weighted by Crippen LogP contribution is -1.98. The normalized spacial score (nSPS) is 10.3. The first kappa shape index (κ1) is 12.4. The van der Waals surface area contributed by atoms with Crippen LogP contribution < -0.4 is 10.1 Å². The zero-order valence-corrected chi connectivity index (χ0v) is 11.6. The summed E-state index contributed by atoms with van der Waals surface area (Å²) in [4.78, 5) is 1.19. The van der Waals surface area contributed by atoms with Gasteiger partial charge in [0.15, 0.2) is 11.6 Å². The number of rotatable bonds is 4. The smallest absolute Gasteiger partial charge is 0.167 e. The van der Waals surface area contributed by atoms with E-state index in [0.717, 1.165) is 10.2 Å². The van der Waals surface area contributed by atoms with Crippen molar-refractivity contribution in [2.24, 2.45) is 0 Å². The molecule has 0 unspecified atom stereocenters. The Hall–Kier alpha value is -1.07. The van der Waals surface area contributed by atoms with Gasteiger partial charge in [-0.1, -0.05) is 0 Å². The molecular weight excluding hydrogens is 305 g/mol. The third-order valence-corrected chi connectivity index (χ3v) is 3.94. The summed E-state index contributed by atoms with van der Waals surface area (Å²) in [5.41, 5.74) is 0.743. The van der Waals surface area contributed by atoms with Gasteiger partial charge in [0.1, 0.15) is 0 Å². The summed E-state index contributed by atoms with van der Waals surface area (Å²) < 4.78 is 19.3. The largest absolute Gasteiger partial charge is 0.494 e. The second kappa shape index (κ2) is 5.51. The van der Waals surface area contributed by atoms with Gasteiger partial charge in [0.05, 0.1) is 7.11 Å². The van der Waals surface area contributed by atoms with Crippen LogP contribution in [0.5, 0.6) is 5.75 Å². The average molecular weight is 316 g/mol. The molecule has 0 aliphatic heterocycles. The fraction of sp³-hybridized carbons (Fsp3) is 0.167. The van der Waals surface area contributed by atoms with Crippen LogP contribution in [0.2, 0.25) is 0 Å². The predicted octanol–water partition coefficient (Wildman–Crippen LogP) is 4.27. The van der Waals surface area contributed by atoms with Gasteiger partial charge in [-0.25, -0.2) is 4.39 Å². The molecule has 0 aliphatic rings. The number of hydrogen-bond acceptors (Lipinski definition) is 3. The van der Waals surface area contributed by atoms with E-state index < -0.39 is 0 Å². The molecule has 0 bridgehead atoms. The number of hydrogen-bond donors (Lipinski definition) is 1. The molecule has 0 atom stereocenters. The van der Waals surface area contributed by atoms with Crippen LogP contribution in [0.1, 0.15) is 4.88 Å². The number of methoxy groups -OCH3 is 1. The van der Waals surface area contributed by atoms with E-state index in [4.69, 9.17) is 4.74 Å². The van der Waals surface area contributed by atoms with Crippen LogP contribution in [0.15, 0.2) is 34.1 Å². The Morgan fingerprint density at radius 1 is 1.41 bits per heavy atom. The predicted molar refractivity (Wildman–Crippen MR) is 72.3 cm³/mol. The Bertz CT molecular complexity index is 515. The first-order chi connectivity index (χ1) is 8.19. The third-order valence-electron chi connectivity index (χ3n) is 2.24. The van der Waals surface area contributed by atoms with E-state index in [1.165, 1.54) is 18.1 Å². The van der Waals surface area contributed by atoms with Crippen LogP contribution in [0.25, 0.3) is 0 Å². The van der Waals surface area contributed by atoms with E-state index >= 15 is 0 Å². The van der Waals surface area contributed by atoms with Crippen LogP contribution in [-0.2, 0) is 6.54 Å². The lowest BCUT2D eigenvalue weighted by Gasteiger charge is -2.07. The van der Waals surface area contributed by atoms with E-state index in [2.05, 4.69) is 21.2 Å². The van der Waals surface area contributed by atoms with Crippen LogP contribution in [0, 0.1) is 5.82 Å². The zero-order chi connectivity index (χ0) is 12.3. The summed E-state index contributed by atoms with van der Waals surface area (Å²) >= 11 is 5.05. The third kappa shape index (κ3) is 3.20. The van der Waals surface area contributed by atoms with E-state index in [9.17, 15) is 4.39 Å². The molecule has 1 N–H and O–H groups in total. The minimum absolute atomic E-state index is 0.259. The highest BCUT2D eigenvalue weighted by molar-refractivity contribution is 9.10. The van der Waals surface area contributed by atoms with Gasteiger partial charge in [0.25, 0.3) is 0 Å². The molecule has 0 saturated heterocycles. The topological polar surface area (TPSA) is 21.3 Å². The summed E-state index contributed by atoms with van der Waals surface area (Å²) in [6.07, 6.45) is 0. The van der Waals surface area contributed by atoms with Crippen LogP contribution in [-0.4, -0.2) is 7.11 Å². The molecule has 17 heavy (non-hydrogen) atoms. The van der Waals surface area contributed by atoms with E-state index in [1.807, 2.05) is 11.4 Å². The molecule has 1 aromatic carbocycles. The fourth-order valence-electron chi connectivity index (χ4n) is 1.41. The fourth-order valence-corrected chi connectivity index (χ4v) is 2.80. The molecule has 0 amide bonds. The van der Waals surface area contributed by atoms with Crippen molar-refractivity contribution in [1.29, 1.82) is 0 Å². The maximum atomic E-state index is 13.4. The van der Waals surface area contributed by atoms with Gasteiger partial charge >= 0.3 is 0 Å². The van der Waals surface area contributed by atoms with Gasteiger partial charge in [-0.2, -0.15) is 0 Å². The average Bonchev–Trinajstić information content (AvgIpc) is 2.73. The van der Waals surface area contributed by atoms with Gasteiger partial charge in [0, 0.05) is 33.0 Å². The Kier molecular flexibility index (Phi) is 4.02. The summed E-state index contributed by atoms with van der Waals surface area (Å²) in [5.74, 6) is -0.0979. The molecule has 0 saturated carbocycles. The highest BCUT2D eigenvalue weighted by Crippen LogP contribution is 2.23. The molecule has 0 fully saturated rings. The number of thiophene rings is 1. The maximum absolute atomic E-state index is 13.4. The Labute approximate surface area is 112 Å². The van der Waals surface area contributed by atoms with Gasteiger partial charge < -0.3 is 10.1 Å². The van der Waals surface area contributed by atoms with Crippen molar-refractivity contribution in [3.63, 3.8) is 0 Å². The molecule has 0 spiro atoms. The lowest BCUT2D eigenvalue weighted by molar-refractivity contribution is 0.386. The second-order valence-electron chi connectivity index (χ2n) is 3.43. The molecule has 0 radical (unpaired) electrons. The molecule has 0 aliphatic carbocycles. The van der Waals surface area contributed by atoms with Crippen LogP contribution >= 0.6 is 27.3 Å². The lowest BCUT2D eigenvalue weighted by atomic mass is 10.3. The first-order valence-corrected chi connectivity index (χ1v) is 6.66. The van der Waals surface area contributed by atoms with Crippen molar-refractivity contribution in [1.82, 2.24) is 0 Å². The van der Waals surface area contributed by atoms with Crippen LogP contribution in [0.4, 0.5) is 10.1 Å². The number of anilines is 1. The molecule has 5 heteroatoms. The van der Waals surface area contributed by atoms with Gasteiger partial charge in [-0.05, 0) is 34.1 Å². The van der Waals surface area contributed by atoms with Crippen molar-refractivity contribution in [3.05, 3.63) is 44.8 Å². The number of nitrogens with one attached hydrogen (secondary N) is 1. The molecule has 2 aromatic rings. The molecular formula is C12H11BrFNOS. The van der Waals surface area contributed by atoms with Gasteiger partial charge in [-0.15, -0.1) is 11.3 Å². The van der Waals surface area contributed by atoms with Crippen molar-refractivity contribution in [3.8, 4) is 5.75 Å². The summed E-state index contributed by atoms with van der Waals surface area (Å²) in [6.45, 7) is 0.683. The first-order valence-electron chi connectivity index (χ1n) is 4.99. The molecule has 1 aromatic heterocycles. The molecule has 2 nitrogen and oxygen atoms in total. The highest BCUT2D eigenvalue weighted by atomic mass is 79.9. The maximum Gasteiger partial charge on any atom is 0.167 e. The van der Waals surface area contributed by atoms with Gasteiger partial charge in [-0.3, -0.25) is 0 Å². The second-order valence-corrected chi connectivity index (χ2v) is 5.35. The van der Waals surface area contributed by atoms with E-state index in [-0.39, 0.29) is 11.6 Å². The Morgan fingerprint density at radius 2 is 2.24 bits per heavy atom. The standard InChI is InChI=1S/C12H11BrFNOS/c1-16-12-3-2-9(5-11(12)14)15-6-10-4-8(13)7-17-10/h2-5,7,15H,6H2,1H3. The molecule has 1 heterocycles. The summed E-state index contributed by atoms with van der Waals surface area (Å²) in [5, 5.41) is 5.18. The van der Waals surface area contributed by atoms with Crippen molar-refractivity contribution < 1.29 is 9.13 Å². The highest BCUT2D eigenvalue weighted by Gasteiger charge is 2.03. The van der Waals surface area contributed by atoms with Gasteiger partial charge in [0.2, 0.25) is 0 Å². The summed E-state index contributed by atoms with van der Waals surface area (Å²) in [6, 6.07) is 6.88. The van der Waals surface area contributed by atoms with Crippen molar-refractivity contribution in [2.45, 2.75) is 6.54 Å². The number of halogens is 2. The number of benzene rings is 1. The summed E-state index contributed by atoms with van der Waals surface area (Å²) in [7, 11) is 1.45. The minimum Gasteiger partial charge on any atom is -0.494 e. The number of ether oxygens (including phenoxy) is 1. The van der Waals surface area contributed by atoms with Crippen molar-refractivity contribution >= 4 is 33.0 Å². The van der Waals surface area contributed by atoms with Crippen LogP contribution in [0.3, 0.4) is 0 Å². The monoisotopic (exact) mass is 315 g/mol. The van der Waals surface area contributed by atoms with E-state index in [1.54, 1.807) is 23.5 Å². The van der Waals surface area contributed by atoms with E-state index in [0.29, 0.717) is 6.54 Å². The molecule has 90 valence electrons. The SMILES string of the molecule is COc1ccc(NCc2cc(Br)cs2)cc1F. The minimum atomic E-state index is -0.357. The zero-order valence-electron chi connectivity index (χ0n) is 9.17. The quantitative estimate of drug-likeness (QED) is 0.909. The Morgan fingerprint density at radius 3 is 2.82 bits per heavy atom. The molecule has 2 rings (SSSR count).